The minimum atomic E-state index is -0.373. The lowest BCUT2D eigenvalue weighted by atomic mass is 10.4. The van der Waals surface area contributed by atoms with Crippen molar-refractivity contribution < 1.29 is 9.53 Å². The largest absolute Gasteiger partial charge is 0.364 e. The Labute approximate surface area is 52.0 Å². The van der Waals surface area contributed by atoms with Gasteiger partial charge in [-0.3, -0.25) is 10.1 Å². The molecule has 1 atom stereocenters. The maximum atomic E-state index is 10.3. The maximum Gasteiger partial charge on any atom is 0.241 e. The van der Waals surface area contributed by atoms with Crippen LogP contribution in [0.3, 0.4) is 0 Å². The normalized spacial score (nSPS) is 28.4. The zero-order chi connectivity index (χ0) is 5.98. The lowest BCUT2D eigenvalue weighted by Crippen LogP contribution is -2.29. The molecule has 3 nitrogen and oxygen atoms in total. The molecular weight excluding hydrogens is 130 g/mol. The van der Waals surface area contributed by atoms with E-state index in [1.165, 1.54) is 0 Å². The van der Waals surface area contributed by atoms with Crippen LogP contribution in [0.5, 0.6) is 0 Å². The molecule has 0 aromatic heterocycles. The maximum absolute atomic E-state index is 10.3. The summed E-state index contributed by atoms with van der Waals surface area (Å²) >= 11 is 5.10. The lowest BCUT2D eigenvalue weighted by Gasteiger charge is -1.96. The lowest BCUT2D eigenvalue weighted by molar-refractivity contribution is -0.113. The van der Waals surface area contributed by atoms with E-state index in [1.54, 1.807) is 0 Å². The Morgan fingerprint density at radius 2 is 2.62 bits per heavy atom. The quantitative estimate of drug-likeness (QED) is 0.502. The number of carbonyl (C=O) groups is 1. The van der Waals surface area contributed by atoms with Gasteiger partial charge in [-0.2, -0.15) is 0 Å². The highest BCUT2D eigenvalue weighted by molar-refractivity contribution is 6.64. The van der Waals surface area contributed by atoms with Gasteiger partial charge in [0.2, 0.25) is 5.24 Å². The van der Waals surface area contributed by atoms with Crippen LogP contribution in [0.1, 0.15) is 0 Å². The van der Waals surface area contributed by atoms with Crippen molar-refractivity contribution >= 4 is 16.8 Å². The number of hydrogen-bond donors (Lipinski definition) is 1. The van der Waals surface area contributed by atoms with Gasteiger partial charge < -0.3 is 4.74 Å². The smallest absolute Gasteiger partial charge is 0.241 e. The van der Waals surface area contributed by atoms with E-state index in [9.17, 15) is 4.79 Å². The monoisotopic (exact) mass is 135 g/mol. The summed E-state index contributed by atoms with van der Waals surface area (Å²) in [6.45, 7) is 0.839. The van der Waals surface area contributed by atoms with Crippen molar-refractivity contribution in [2.75, 3.05) is 13.3 Å². The van der Waals surface area contributed by atoms with Gasteiger partial charge in [-0.1, -0.05) is 0 Å². The fourth-order valence-electron chi connectivity index (χ4n) is 0.541. The summed E-state index contributed by atoms with van der Waals surface area (Å²) in [5, 5.41) is 2.38. The second kappa shape index (κ2) is 2.44. The van der Waals surface area contributed by atoms with Crippen molar-refractivity contribution in [1.82, 2.24) is 5.32 Å². The standard InChI is InChI=1S/C4H6ClNO2/c5-4(7)3-1-8-2-6-3/h3,6H,1-2H2. The molecule has 0 radical (unpaired) electrons. The zero-order valence-corrected chi connectivity index (χ0v) is 4.94. The summed E-state index contributed by atoms with van der Waals surface area (Å²) in [5.74, 6) is 0. The van der Waals surface area contributed by atoms with E-state index in [4.69, 9.17) is 16.3 Å². The molecule has 0 amide bonds. The first-order chi connectivity index (χ1) is 3.80. The summed E-state index contributed by atoms with van der Waals surface area (Å²) in [5.41, 5.74) is 0. The molecule has 1 heterocycles. The minimum Gasteiger partial charge on any atom is -0.364 e. The number of rotatable bonds is 1. The Balaban J connectivity index is 2.35. The van der Waals surface area contributed by atoms with Gasteiger partial charge in [0.05, 0.1) is 13.3 Å². The third-order valence-corrected chi connectivity index (χ3v) is 1.25. The summed E-state index contributed by atoms with van der Waals surface area (Å²) in [7, 11) is 0. The van der Waals surface area contributed by atoms with Gasteiger partial charge in [-0.15, -0.1) is 0 Å². The van der Waals surface area contributed by atoms with Crippen LogP contribution < -0.4 is 5.32 Å². The summed E-state index contributed by atoms with van der Waals surface area (Å²) < 4.78 is 4.80. The van der Waals surface area contributed by atoms with Crippen LogP contribution in [0.25, 0.3) is 0 Å². The molecular formula is C4H6ClNO2. The average molecular weight is 136 g/mol. The third-order valence-electron chi connectivity index (χ3n) is 0.990. The molecule has 0 bridgehead atoms. The highest BCUT2D eigenvalue weighted by atomic mass is 35.5. The second-order valence-corrected chi connectivity index (χ2v) is 1.95. The zero-order valence-electron chi connectivity index (χ0n) is 4.19. The van der Waals surface area contributed by atoms with Crippen molar-refractivity contribution in [3.05, 3.63) is 0 Å². The molecule has 1 aliphatic heterocycles. The summed E-state index contributed by atoms with van der Waals surface area (Å²) in [6, 6.07) is -0.281. The summed E-state index contributed by atoms with van der Waals surface area (Å²) in [6.07, 6.45) is 0. The first-order valence-corrected chi connectivity index (χ1v) is 2.69. The van der Waals surface area contributed by atoms with Crippen LogP contribution >= 0.6 is 11.6 Å². The van der Waals surface area contributed by atoms with E-state index >= 15 is 0 Å². The number of nitrogens with one attached hydrogen (secondary N) is 1. The SMILES string of the molecule is O=C(Cl)C1COCN1. The Morgan fingerprint density at radius 1 is 1.88 bits per heavy atom. The molecule has 0 saturated carbocycles. The molecule has 4 heteroatoms. The van der Waals surface area contributed by atoms with Crippen molar-refractivity contribution in [2.24, 2.45) is 0 Å². The van der Waals surface area contributed by atoms with E-state index < -0.39 is 0 Å². The third kappa shape index (κ3) is 1.18. The number of hydrogen-bond acceptors (Lipinski definition) is 3. The molecule has 1 N–H and O–H groups in total. The van der Waals surface area contributed by atoms with Crippen molar-refractivity contribution in [3.63, 3.8) is 0 Å². The Hall–Kier alpha value is -0.120. The van der Waals surface area contributed by atoms with Crippen LogP contribution in [-0.2, 0) is 9.53 Å². The van der Waals surface area contributed by atoms with E-state index in [0.717, 1.165) is 0 Å². The van der Waals surface area contributed by atoms with Gasteiger partial charge in [0.25, 0.3) is 0 Å². The fourth-order valence-corrected chi connectivity index (χ4v) is 0.681. The molecule has 1 fully saturated rings. The predicted molar refractivity (Wildman–Crippen MR) is 28.6 cm³/mol. The molecule has 1 unspecified atom stereocenters. The minimum absolute atomic E-state index is 0.281. The molecule has 0 aromatic carbocycles. The van der Waals surface area contributed by atoms with Gasteiger partial charge in [0.15, 0.2) is 0 Å². The predicted octanol–water partition coefficient (Wildman–Crippen LogP) is -0.302. The van der Waals surface area contributed by atoms with Crippen LogP contribution in [0, 0.1) is 0 Å². The van der Waals surface area contributed by atoms with Crippen molar-refractivity contribution in [1.29, 1.82) is 0 Å². The van der Waals surface area contributed by atoms with Crippen LogP contribution in [0.2, 0.25) is 0 Å². The van der Waals surface area contributed by atoms with Crippen molar-refractivity contribution in [2.45, 2.75) is 6.04 Å². The first-order valence-electron chi connectivity index (χ1n) is 2.31. The molecule has 0 aromatic rings. The molecule has 0 spiro atoms. The van der Waals surface area contributed by atoms with Gasteiger partial charge in [0.1, 0.15) is 6.04 Å². The van der Waals surface area contributed by atoms with E-state index in [1.807, 2.05) is 0 Å². The average Bonchev–Trinajstić information content (AvgIpc) is 2.12. The second-order valence-electron chi connectivity index (χ2n) is 1.58. The Kier molecular flexibility index (Phi) is 1.83. The first kappa shape index (κ1) is 6.01. The number of carbonyl (C=O) groups excluding carboxylic acids is 1. The van der Waals surface area contributed by atoms with E-state index in [-0.39, 0.29) is 11.3 Å². The highest BCUT2D eigenvalue weighted by Crippen LogP contribution is 1.97. The molecule has 1 rings (SSSR count). The van der Waals surface area contributed by atoms with Gasteiger partial charge >= 0.3 is 0 Å². The molecule has 0 aliphatic carbocycles. The van der Waals surface area contributed by atoms with Crippen LogP contribution in [-0.4, -0.2) is 24.6 Å². The Morgan fingerprint density at radius 3 is 2.88 bits per heavy atom. The van der Waals surface area contributed by atoms with E-state index in [0.29, 0.717) is 13.3 Å². The number of halogens is 1. The van der Waals surface area contributed by atoms with Gasteiger partial charge in [-0.05, 0) is 11.6 Å². The highest BCUT2D eigenvalue weighted by Gasteiger charge is 2.19. The topological polar surface area (TPSA) is 38.3 Å². The molecule has 1 saturated heterocycles. The number of ether oxygens (including phenoxy) is 1. The van der Waals surface area contributed by atoms with Crippen LogP contribution in [0.4, 0.5) is 0 Å². The fraction of sp³-hybridized carbons (Fsp3) is 0.750. The van der Waals surface area contributed by atoms with Gasteiger partial charge in [-0.25, -0.2) is 0 Å². The Bertz CT molecular complexity index is 100. The van der Waals surface area contributed by atoms with Crippen molar-refractivity contribution in [3.8, 4) is 0 Å². The molecule has 1 aliphatic rings. The van der Waals surface area contributed by atoms with Gasteiger partial charge in [0, 0.05) is 0 Å². The van der Waals surface area contributed by atoms with E-state index in [2.05, 4.69) is 5.32 Å². The summed E-state index contributed by atoms with van der Waals surface area (Å²) in [4.78, 5) is 10.3. The molecule has 46 valence electrons. The molecule has 8 heavy (non-hydrogen) atoms. The van der Waals surface area contributed by atoms with Crippen LogP contribution in [0.15, 0.2) is 0 Å².